The summed E-state index contributed by atoms with van der Waals surface area (Å²) in [6.45, 7) is 2.59. The number of amides is 1. The summed E-state index contributed by atoms with van der Waals surface area (Å²) in [6, 6.07) is 8.98. The van der Waals surface area contributed by atoms with Crippen LogP contribution in [0.1, 0.15) is 28.0 Å². The lowest BCUT2D eigenvalue weighted by Gasteiger charge is -2.15. The van der Waals surface area contributed by atoms with Gasteiger partial charge in [-0.05, 0) is 31.4 Å². The summed E-state index contributed by atoms with van der Waals surface area (Å²) in [4.78, 5) is 24.7. The number of hydrogen-bond donors (Lipinski definition) is 1. The van der Waals surface area contributed by atoms with Gasteiger partial charge in [-0.1, -0.05) is 18.2 Å². The lowest BCUT2D eigenvalue weighted by molar-refractivity contribution is 0.102. The molecular weight excluding hydrogens is 280 g/mol. The Morgan fingerprint density at radius 2 is 2.09 bits per heavy atom. The first-order valence-electron chi connectivity index (χ1n) is 7.29. The zero-order valence-electron chi connectivity index (χ0n) is 12.7. The molecule has 2 aromatic rings. The number of nitrogens with zero attached hydrogens (tertiary/aromatic N) is 1. The largest absolute Gasteiger partial charge is 0.496 e. The number of rotatable bonds is 3. The van der Waals surface area contributed by atoms with E-state index in [-0.39, 0.29) is 11.5 Å². The predicted octanol–water partition coefficient (Wildman–Crippen LogP) is 2.36. The monoisotopic (exact) mass is 298 g/mol. The number of para-hydroxylation sites is 1. The van der Waals surface area contributed by atoms with Crippen molar-refractivity contribution in [3.05, 3.63) is 57.5 Å². The summed E-state index contributed by atoms with van der Waals surface area (Å²) in [5, 5.41) is 2.92. The minimum atomic E-state index is -0.239. The summed E-state index contributed by atoms with van der Waals surface area (Å²) in [5.74, 6) is 0.0982. The highest BCUT2D eigenvalue weighted by molar-refractivity contribution is 6.07. The van der Waals surface area contributed by atoms with E-state index in [0.717, 1.165) is 23.4 Å². The first kappa shape index (κ1) is 14.4. The van der Waals surface area contributed by atoms with Crippen molar-refractivity contribution < 1.29 is 9.53 Å². The van der Waals surface area contributed by atoms with Gasteiger partial charge in [-0.3, -0.25) is 9.59 Å². The van der Waals surface area contributed by atoms with Crippen LogP contribution in [0, 0.1) is 6.92 Å². The number of hydrogen-bond acceptors (Lipinski definition) is 3. The predicted molar refractivity (Wildman–Crippen MR) is 84.7 cm³/mol. The molecule has 1 aromatic heterocycles. The van der Waals surface area contributed by atoms with Crippen molar-refractivity contribution in [2.24, 2.45) is 0 Å². The van der Waals surface area contributed by atoms with Crippen LogP contribution in [0.5, 0.6) is 5.75 Å². The molecule has 22 heavy (non-hydrogen) atoms. The normalized spacial score (nSPS) is 12.8. The average Bonchev–Trinajstić information content (AvgIpc) is 2.99. The van der Waals surface area contributed by atoms with Crippen molar-refractivity contribution >= 4 is 11.6 Å². The maximum Gasteiger partial charge on any atom is 0.261 e. The molecule has 0 spiro atoms. The molecule has 1 N–H and O–H groups in total. The molecule has 0 aliphatic carbocycles. The Morgan fingerprint density at radius 1 is 1.32 bits per heavy atom. The van der Waals surface area contributed by atoms with E-state index in [1.165, 1.54) is 13.2 Å². The van der Waals surface area contributed by atoms with Crippen LogP contribution in [0.4, 0.5) is 5.69 Å². The summed E-state index contributed by atoms with van der Waals surface area (Å²) >= 11 is 0. The van der Waals surface area contributed by atoms with Gasteiger partial charge in [0.2, 0.25) is 0 Å². The Morgan fingerprint density at radius 3 is 2.82 bits per heavy atom. The second kappa shape index (κ2) is 5.67. The van der Waals surface area contributed by atoms with Gasteiger partial charge in [0.05, 0.1) is 7.11 Å². The zero-order valence-corrected chi connectivity index (χ0v) is 12.7. The number of benzene rings is 1. The second-order valence-electron chi connectivity index (χ2n) is 5.40. The van der Waals surface area contributed by atoms with E-state index in [0.29, 0.717) is 24.3 Å². The first-order valence-corrected chi connectivity index (χ1v) is 7.29. The molecule has 5 nitrogen and oxygen atoms in total. The standard InChI is InChI=1S/C17H18N2O3/c1-11-6-3-4-7-12(11)18-17(21)16-13-8-5-9-19(13)15(20)10-14(16)22-2/h3-4,6-7,10H,5,8-9H2,1-2H3,(H,18,21). The summed E-state index contributed by atoms with van der Waals surface area (Å²) in [7, 11) is 1.48. The third kappa shape index (κ3) is 2.39. The van der Waals surface area contributed by atoms with Gasteiger partial charge in [0.15, 0.2) is 0 Å². The molecule has 0 radical (unpaired) electrons. The van der Waals surface area contributed by atoms with E-state index in [4.69, 9.17) is 4.74 Å². The fourth-order valence-electron chi connectivity index (χ4n) is 2.88. The molecule has 1 aliphatic heterocycles. The number of carbonyl (C=O) groups is 1. The van der Waals surface area contributed by atoms with Gasteiger partial charge in [-0.25, -0.2) is 0 Å². The highest BCUT2D eigenvalue weighted by Crippen LogP contribution is 2.26. The van der Waals surface area contributed by atoms with Gasteiger partial charge in [0.1, 0.15) is 11.3 Å². The lowest BCUT2D eigenvalue weighted by Crippen LogP contribution is -2.25. The van der Waals surface area contributed by atoms with E-state index >= 15 is 0 Å². The second-order valence-corrected chi connectivity index (χ2v) is 5.40. The molecule has 0 bridgehead atoms. The van der Waals surface area contributed by atoms with Crippen molar-refractivity contribution in [1.29, 1.82) is 0 Å². The number of pyridine rings is 1. The van der Waals surface area contributed by atoms with Crippen molar-refractivity contribution in [3.8, 4) is 5.75 Å². The van der Waals surface area contributed by atoms with E-state index in [1.54, 1.807) is 4.57 Å². The van der Waals surface area contributed by atoms with Crippen LogP contribution in [0.15, 0.2) is 35.1 Å². The van der Waals surface area contributed by atoms with E-state index in [1.807, 2.05) is 31.2 Å². The molecule has 0 atom stereocenters. The van der Waals surface area contributed by atoms with Crippen molar-refractivity contribution in [3.63, 3.8) is 0 Å². The first-order chi connectivity index (χ1) is 10.6. The van der Waals surface area contributed by atoms with E-state index in [9.17, 15) is 9.59 Å². The van der Waals surface area contributed by atoms with Crippen LogP contribution in [-0.4, -0.2) is 17.6 Å². The Kier molecular flexibility index (Phi) is 3.71. The average molecular weight is 298 g/mol. The molecule has 2 heterocycles. The molecule has 5 heteroatoms. The molecule has 3 rings (SSSR count). The SMILES string of the molecule is COc1cc(=O)n2c(c1C(=O)Nc1ccccc1C)CCC2. The molecule has 0 saturated carbocycles. The Balaban J connectivity index is 2.05. The fourth-order valence-corrected chi connectivity index (χ4v) is 2.88. The van der Waals surface area contributed by atoms with Crippen LogP contribution in [-0.2, 0) is 13.0 Å². The highest BCUT2D eigenvalue weighted by Gasteiger charge is 2.25. The van der Waals surface area contributed by atoms with Gasteiger partial charge in [-0.15, -0.1) is 0 Å². The Hall–Kier alpha value is -2.56. The van der Waals surface area contributed by atoms with Crippen molar-refractivity contribution in [2.45, 2.75) is 26.3 Å². The number of aromatic nitrogens is 1. The van der Waals surface area contributed by atoms with Gasteiger partial charge >= 0.3 is 0 Å². The number of fused-ring (bicyclic) bond motifs is 1. The summed E-state index contributed by atoms with van der Waals surface area (Å²) < 4.78 is 6.93. The van der Waals surface area contributed by atoms with Gasteiger partial charge in [0, 0.05) is 24.0 Å². The van der Waals surface area contributed by atoms with Crippen molar-refractivity contribution in [1.82, 2.24) is 4.57 Å². The van der Waals surface area contributed by atoms with Crippen LogP contribution >= 0.6 is 0 Å². The van der Waals surface area contributed by atoms with Gasteiger partial charge < -0.3 is 14.6 Å². The lowest BCUT2D eigenvalue weighted by atomic mass is 10.1. The Bertz CT molecular complexity index is 793. The molecule has 1 amide bonds. The zero-order chi connectivity index (χ0) is 15.7. The number of aryl methyl sites for hydroxylation is 1. The minimum Gasteiger partial charge on any atom is -0.496 e. The number of anilines is 1. The third-order valence-corrected chi connectivity index (χ3v) is 4.02. The van der Waals surface area contributed by atoms with Crippen LogP contribution in [0.25, 0.3) is 0 Å². The summed E-state index contributed by atoms with van der Waals surface area (Å²) in [5.41, 5.74) is 2.85. The van der Waals surface area contributed by atoms with E-state index < -0.39 is 0 Å². The molecular formula is C17H18N2O3. The number of methoxy groups -OCH3 is 1. The maximum absolute atomic E-state index is 12.7. The summed E-state index contributed by atoms with van der Waals surface area (Å²) in [6.07, 6.45) is 1.58. The quantitative estimate of drug-likeness (QED) is 0.946. The minimum absolute atomic E-state index is 0.114. The fraction of sp³-hybridized carbons (Fsp3) is 0.294. The van der Waals surface area contributed by atoms with Gasteiger partial charge in [0.25, 0.3) is 11.5 Å². The topological polar surface area (TPSA) is 60.3 Å². The molecule has 0 unspecified atom stereocenters. The number of nitrogens with one attached hydrogen (secondary N) is 1. The molecule has 114 valence electrons. The molecule has 1 aromatic carbocycles. The molecule has 0 fully saturated rings. The van der Waals surface area contributed by atoms with E-state index in [2.05, 4.69) is 5.32 Å². The maximum atomic E-state index is 12.7. The molecule has 0 saturated heterocycles. The number of carbonyl (C=O) groups excluding carboxylic acids is 1. The van der Waals surface area contributed by atoms with Crippen LogP contribution < -0.4 is 15.6 Å². The smallest absolute Gasteiger partial charge is 0.261 e. The Labute approximate surface area is 128 Å². The van der Waals surface area contributed by atoms with Crippen LogP contribution in [0.2, 0.25) is 0 Å². The number of ether oxygens (including phenoxy) is 1. The molecule has 1 aliphatic rings. The third-order valence-electron chi connectivity index (χ3n) is 4.02. The van der Waals surface area contributed by atoms with Crippen molar-refractivity contribution in [2.75, 3.05) is 12.4 Å². The highest BCUT2D eigenvalue weighted by atomic mass is 16.5. The van der Waals surface area contributed by atoms with Gasteiger partial charge in [-0.2, -0.15) is 0 Å². The van der Waals surface area contributed by atoms with Crippen LogP contribution in [0.3, 0.4) is 0 Å².